The van der Waals surface area contributed by atoms with Crippen molar-refractivity contribution in [2.45, 2.75) is 56.4 Å². The van der Waals surface area contributed by atoms with Crippen LogP contribution in [0, 0.1) is 11.8 Å². The highest BCUT2D eigenvalue weighted by atomic mass is 16.5. The Hall–Kier alpha value is -3.35. The minimum atomic E-state index is -1.15. The molecule has 0 spiro atoms. The Bertz CT molecular complexity index is 1080. The summed E-state index contributed by atoms with van der Waals surface area (Å²) in [5, 5.41) is 15.4. The van der Waals surface area contributed by atoms with Gasteiger partial charge in [-0.15, -0.1) is 0 Å². The molecule has 0 aromatic heterocycles. The van der Waals surface area contributed by atoms with Crippen molar-refractivity contribution < 1.29 is 24.2 Å². The normalized spacial score (nSPS) is 22.3. The highest BCUT2D eigenvalue weighted by Crippen LogP contribution is 2.44. The third-order valence-electron chi connectivity index (χ3n) is 7.84. The Labute approximate surface area is 205 Å². The molecule has 7 nitrogen and oxygen atoms in total. The van der Waals surface area contributed by atoms with Crippen LogP contribution in [0.25, 0.3) is 11.1 Å². The Morgan fingerprint density at radius 1 is 0.914 bits per heavy atom. The van der Waals surface area contributed by atoms with Crippen molar-refractivity contribution in [3.63, 3.8) is 0 Å². The summed E-state index contributed by atoms with van der Waals surface area (Å²) >= 11 is 0. The SMILES string of the molecule is O=C(NCC1CC1C(=O)NC1(C(=O)O)CCCCCC1)OCC1c2ccccc2-c2ccccc21. The molecule has 3 aliphatic carbocycles. The van der Waals surface area contributed by atoms with Crippen molar-refractivity contribution in [2.24, 2.45) is 11.8 Å². The van der Waals surface area contributed by atoms with Crippen LogP contribution in [0.2, 0.25) is 0 Å². The first kappa shape index (κ1) is 23.4. The standard InChI is InChI=1S/C28H32N2O5/c31-25(30-28(26(32)33)13-7-1-2-8-14-28)23-15-18(23)16-29-27(34)35-17-24-21-11-5-3-9-19(21)20-10-4-6-12-22(20)24/h3-6,9-12,18,23-24H,1-2,7-8,13-17H2,(H,29,34)(H,30,31)(H,32,33). The molecule has 3 N–H and O–H groups in total. The van der Waals surface area contributed by atoms with Crippen LogP contribution >= 0.6 is 0 Å². The van der Waals surface area contributed by atoms with Gasteiger partial charge >= 0.3 is 12.1 Å². The van der Waals surface area contributed by atoms with Crippen LogP contribution in [0.15, 0.2) is 48.5 Å². The molecule has 2 aromatic rings. The van der Waals surface area contributed by atoms with Gasteiger partial charge in [0, 0.05) is 18.4 Å². The monoisotopic (exact) mass is 476 g/mol. The Balaban J connectivity index is 1.11. The number of carbonyl (C=O) groups excluding carboxylic acids is 2. The molecule has 2 saturated carbocycles. The number of aliphatic carboxylic acids is 1. The molecule has 3 aliphatic rings. The number of hydrogen-bond donors (Lipinski definition) is 3. The predicted molar refractivity (Wildman–Crippen MR) is 131 cm³/mol. The molecule has 2 amide bonds. The number of carbonyl (C=O) groups is 3. The highest BCUT2D eigenvalue weighted by Gasteiger charge is 2.48. The number of alkyl carbamates (subject to hydrolysis) is 1. The lowest BCUT2D eigenvalue weighted by atomic mass is 9.90. The van der Waals surface area contributed by atoms with Crippen LogP contribution in [0.5, 0.6) is 0 Å². The summed E-state index contributed by atoms with van der Waals surface area (Å²) in [5.74, 6) is -1.41. The quantitative estimate of drug-likeness (QED) is 0.512. The van der Waals surface area contributed by atoms with Gasteiger partial charge in [-0.2, -0.15) is 0 Å². The molecule has 7 heteroatoms. The fraction of sp³-hybridized carbons (Fsp3) is 0.464. The van der Waals surface area contributed by atoms with Crippen molar-refractivity contribution in [1.82, 2.24) is 10.6 Å². The minimum Gasteiger partial charge on any atom is -0.480 e. The van der Waals surface area contributed by atoms with E-state index in [0.717, 1.165) is 36.8 Å². The van der Waals surface area contributed by atoms with Gasteiger partial charge in [0.25, 0.3) is 0 Å². The molecule has 2 aromatic carbocycles. The molecular weight excluding hydrogens is 444 g/mol. The number of rotatable bonds is 7. The Morgan fingerprint density at radius 2 is 1.51 bits per heavy atom. The van der Waals surface area contributed by atoms with Crippen LogP contribution in [0.1, 0.15) is 62.0 Å². The van der Waals surface area contributed by atoms with E-state index >= 15 is 0 Å². The van der Waals surface area contributed by atoms with E-state index < -0.39 is 17.6 Å². The van der Waals surface area contributed by atoms with Crippen molar-refractivity contribution in [3.8, 4) is 11.1 Å². The van der Waals surface area contributed by atoms with E-state index in [9.17, 15) is 19.5 Å². The molecule has 0 radical (unpaired) electrons. The first-order valence-electron chi connectivity index (χ1n) is 12.6. The zero-order valence-electron chi connectivity index (χ0n) is 19.8. The molecular formula is C28H32N2O5. The fourth-order valence-corrected chi connectivity index (χ4v) is 5.71. The second kappa shape index (κ2) is 9.72. The second-order valence-electron chi connectivity index (χ2n) is 10.1. The highest BCUT2D eigenvalue weighted by molar-refractivity contribution is 5.89. The van der Waals surface area contributed by atoms with Gasteiger partial charge in [0.15, 0.2) is 0 Å². The smallest absolute Gasteiger partial charge is 0.407 e. The average molecular weight is 477 g/mol. The zero-order chi connectivity index (χ0) is 24.4. The number of carboxylic acids is 1. The molecule has 0 saturated heterocycles. The summed E-state index contributed by atoms with van der Waals surface area (Å²) in [6, 6.07) is 16.4. The van der Waals surface area contributed by atoms with Gasteiger partial charge < -0.3 is 20.5 Å². The maximum Gasteiger partial charge on any atom is 0.407 e. The van der Waals surface area contributed by atoms with E-state index in [0.29, 0.717) is 25.8 Å². The van der Waals surface area contributed by atoms with E-state index in [4.69, 9.17) is 4.74 Å². The molecule has 2 atom stereocenters. The summed E-state index contributed by atoms with van der Waals surface area (Å²) in [4.78, 5) is 37.1. The van der Waals surface area contributed by atoms with Gasteiger partial charge in [-0.05, 0) is 47.4 Å². The summed E-state index contributed by atoms with van der Waals surface area (Å²) < 4.78 is 5.57. The number of carboxylic acid groups (broad SMARTS) is 1. The van der Waals surface area contributed by atoms with Gasteiger partial charge in [0.1, 0.15) is 12.1 Å². The maximum atomic E-state index is 12.8. The number of benzene rings is 2. The summed E-state index contributed by atoms with van der Waals surface area (Å²) in [6.45, 7) is 0.588. The number of fused-ring (bicyclic) bond motifs is 3. The predicted octanol–water partition coefficient (Wildman–Crippen LogP) is 4.46. The summed E-state index contributed by atoms with van der Waals surface area (Å²) in [7, 11) is 0. The third kappa shape index (κ3) is 4.77. The van der Waals surface area contributed by atoms with Crippen LogP contribution in [-0.2, 0) is 14.3 Å². The minimum absolute atomic E-state index is 0.000570. The molecule has 5 rings (SSSR count). The maximum absolute atomic E-state index is 12.8. The van der Waals surface area contributed by atoms with Crippen molar-refractivity contribution in [1.29, 1.82) is 0 Å². The molecule has 2 fully saturated rings. The first-order chi connectivity index (χ1) is 17.0. The Morgan fingerprint density at radius 3 is 2.11 bits per heavy atom. The first-order valence-corrected chi connectivity index (χ1v) is 12.6. The Kier molecular flexibility index (Phi) is 6.50. The lowest BCUT2D eigenvalue weighted by Gasteiger charge is -2.29. The second-order valence-corrected chi connectivity index (χ2v) is 10.1. The van der Waals surface area contributed by atoms with Gasteiger partial charge in [0.2, 0.25) is 5.91 Å². The van der Waals surface area contributed by atoms with E-state index in [1.807, 2.05) is 24.3 Å². The molecule has 0 bridgehead atoms. The molecule has 0 aliphatic heterocycles. The molecule has 2 unspecified atom stereocenters. The van der Waals surface area contributed by atoms with E-state index in [2.05, 4.69) is 34.9 Å². The van der Waals surface area contributed by atoms with E-state index in [1.165, 1.54) is 11.1 Å². The summed E-state index contributed by atoms with van der Waals surface area (Å²) in [6.07, 6.45) is 4.72. The van der Waals surface area contributed by atoms with Gasteiger partial charge in [-0.25, -0.2) is 9.59 Å². The van der Waals surface area contributed by atoms with Crippen molar-refractivity contribution in [3.05, 3.63) is 59.7 Å². The van der Waals surface area contributed by atoms with E-state index in [-0.39, 0.29) is 30.3 Å². The topological polar surface area (TPSA) is 105 Å². The van der Waals surface area contributed by atoms with Crippen LogP contribution in [0.4, 0.5) is 4.79 Å². The van der Waals surface area contributed by atoms with Crippen molar-refractivity contribution >= 4 is 18.0 Å². The number of hydrogen-bond acceptors (Lipinski definition) is 4. The average Bonchev–Trinajstić information content (AvgIpc) is 3.62. The van der Waals surface area contributed by atoms with E-state index in [1.54, 1.807) is 0 Å². The largest absolute Gasteiger partial charge is 0.480 e. The molecule has 35 heavy (non-hydrogen) atoms. The third-order valence-corrected chi connectivity index (χ3v) is 7.84. The van der Waals surface area contributed by atoms with Gasteiger partial charge in [-0.1, -0.05) is 74.2 Å². The zero-order valence-corrected chi connectivity index (χ0v) is 19.8. The number of amides is 2. The number of ether oxygens (including phenoxy) is 1. The van der Waals surface area contributed by atoms with Crippen molar-refractivity contribution in [2.75, 3.05) is 13.2 Å². The van der Waals surface area contributed by atoms with Crippen LogP contribution in [-0.4, -0.2) is 41.8 Å². The van der Waals surface area contributed by atoms with Crippen LogP contribution < -0.4 is 10.6 Å². The lowest BCUT2D eigenvalue weighted by molar-refractivity contribution is -0.148. The number of nitrogens with one attached hydrogen (secondary N) is 2. The lowest BCUT2D eigenvalue weighted by Crippen LogP contribution is -2.54. The molecule has 184 valence electrons. The fourth-order valence-electron chi connectivity index (χ4n) is 5.71. The van der Waals surface area contributed by atoms with Gasteiger partial charge in [-0.3, -0.25) is 4.79 Å². The van der Waals surface area contributed by atoms with Crippen LogP contribution in [0.3, 0.4) is 0 Å². The summed E-state index contributed by atoms with van der Waals surface area (Å²) in [5.41, 5.74) is 3.52. The van der Waals surface area contributed by atoms with Gasteiger partial charge in [0.05, 0.1) is 0 Å². The molecule has 0 heterocycles.